The van der Waals surface area contributed by atoms with Gasteiger partial charge in [-0.3, -0.25) is 4.79 Å². The summed E-state index contributed by atoms with van der Waals surface area (Å²) in [5.41, 5.74) is 0.996. The van der Waals surface area contributed by atoms with E-state index in [1.807, 2.05) is 30.3 Å². The Hall–Kier alpha value is -4.52. The number of benzene rings is 3. The number of halogens is 1. The molecule has 1 aromatic heterocycles. The van der Waals surface area contributed by atoms with Gasteiger partial charge in [0.25, 0.3) is 5.91 Å². The maximum Gasteiger partial charge on any atom is 0.349 e. The lowest BCUT2D eigenvalue weighted by Crippen LogP contribution is -2.29. The maximum atomic E-state index is 12.9. The number of rotatable bonds is 7. The van der Waals surface area contributed by atoms with Gasteiger partial charge in [0, 0.05) is 24.1 Å². The molecule has 0 saturated heterocycles. The van der Waals surface area contributed by atoms with E-state index < -0.39 is 17.5 Å². The summed E-state index contributed by atoms with van der Waals surface area (Å²) in [6.45, 7) is 0.376. The molecule has 0 fully saturated rings. The average molecular weight is 457 g/mol. The molecule has 34 heavy (non-hydrogen) atoms. The smallest absolute Gasteiger partial charge is 0.349 e. The fourth-order valence-electron chi connectivity index (χ4n) is 3.26. The van der Waals surface area contributed by atoms with Crippen molar-refractivity contribution in [1.82, 2.24) is 5.32 Å². The second kappa shape index (κ2) is 10.4. The molecule has 0 aliphatic carbocycles. The fraction of sp³-hybridized carbons (Fsp3) is 0.0741. The third-order valence-electron chi connectivity index (χ3n) is 4.99. The topological polar surface area (TPSA) is 85.6 Å². The lowest BCUT2D eigenvalue weighted by atomic mass is 10.1. The summed E-state index contributed by atoms with van der Waals surface area (Å²) in [5, 5.41) is 3.23. The molecule has 4 aromatic rings. The monoisotopic (exact) mass is 457 g/mol. The Morgan fingerprint density at radius 1 is 0.971 bits per heavy atom. The summed E-state index contributed by atoms with van der Waals surface area (Å²) in [6, 6.07) is 21.3. The van der Waals surface area contributed by atoms with Gasteiger partial charge in [-0.15, -0.1) is 0 Å². The number of amides is 1. The molecule has 4 rings (SSSR count). The summed E-state index contributed by atoms with van der Waals surface area (Å²) in [7, 11) is 0. The largest absolute Gasteiger partial charge is 0.423 e. The van der Waals surface area contributed by atoms with E-state index >= 15 is 0 Å². The highest BCUT2D eigenvalue weighted by atomic mass is 19.1. The van der Waals surface area contributed by atoms with Crippen molar-refractivity contribution < 1.29 is 23.1 Å². The summed E-state index contributed by atoms with van der Waals surface area (Å²) in [6.07, 6.45) is 3.33. The first-order valence-corrected chi connectivity index (χ1v) is 10.5. The van der Waals surface area contributed by atoms with Gasteiger partial charge in [-0.25, -0.2) is 14.0 Å². The van der Waals surface area contributed by atoms with Crippen LogP contribution in [0.15, 0.2) is 94.2 Å². The van der Waals surface area contributed by atoms with E-state index in [9.17, 15) is 18.8 Å². The molecule has 0 radical (unpaired) electrons. The first-order valence-electron chi connectivity index (χ1n) is 10.5. The minimum absolute atomic E-state index is 0.104. The van der Waals surface area contributed by atoms with Crippen molar-refractivity contribution in [3.8, 4) is 5.75 Å². The number of carbonyl (C=O) groups is 2. The predicted octanol–water partition coefficient (Wildman–Crippen LogP) is 4.52. The molecule has 0 bridgehead atoms. The van der Waals surface area contributed by atoms with Crippen molar-refractivity contribution in [1.29, 1.82) is 0 Å². The number of hydrogen-bond acceptors (Lipinski definition) is 5. The van der Waals surface area contributed by atoms with Gasteiger partial charge in [-0.1, -0.05) is 42.5 Å². The van der Waals surface area contributed by atoms with E-state index in [0.717, 1.165) is 5.56 Å². The van der Waals surface area contributed by atoms with Crippen LogP contribution in [-0.2, 0) is 11.2 Å². The predicted molar refractivity (Wildman–Crippen MR) is 126 cm³/mol. The molecule has 0 saturated carbocycles. The lowest BCUT2D eigenvalue weighted by Gasteiger charge is -2.06. The van der Waals surface area contributed by atoms with Gasteiger partial charge in [-0.05, 0) is 54.0 Å². The molecule has 0 aliphatic heterocycles. The molecule has 0 atom stereocenters. The zero-order valence-corrected chi connectivity index (χ0v) is 18.0. The Kier molecular flexibility index (Phi) is 6.93. The molecule has 0 unspecified atom stereocenters. The van der Waals surface area contributed by atoms with Gasteiger partial charge in [0.1, 0.15) is 22.7 Å². The second-order valence-corrected chi connectivity index (χ2v) is 7.44. The summed E-state index contributed by atoms with van der Waals surface area (Å²) in [5.74, 6) is -1.37. The third kappa shape index (κ3) is 5.83. The van der Waals surface area contributed by atoms with Crippen LogP contribution in [0.3, 0.4) is 0 Å². The van der Waals surface area contributed by atoms with Crippen LogP contribution in [0.1, 0.15) is 21.5 Å². The maximum absolute atomic E-state index is 12.9. The van der Waals surface area contributed by atoms with Crippen LogP contribution in [-0.4, -0.2) is 18.4 Å². The first kappa shape index (κ1) is 22.7. The van der Waals surface area contributed by atoms with Crippen molar-refractivity contribution in [3.05, 3.63) is 118 Å². The van der Waals surface area contributed by atoms with Gasteiger partial charge in [0.15, 0.2) is 0 Å². The van der Waals surface area contributed by atoms with Gasteiger partial charge in [-0.2, -0.15) is 0 Å². The number of esters is 1. The molecule has 7 heteroatoms. The van der Waals surface area contributed by atoms with Crippen LogP contribution in [0.2, 0.25) is 0 Å². The standard InChI is InChI=1S/C27H20FNO5/c28-21-10-6-19(7-11-21)8-13-25(30)33-22-12-9-20-16-23(27(32)34-24(20)17-22)26(31)29-15-14-18-4-2-1-3-5-18/h1-13,16-17H,14-15H2,(H,29,31)/b13-8+. The number of ether oxygens (including phenoxy) is 1. The van der Waals surface area contributed by atoms with Crippen LogP contribution in [0.25, 0.3) is 17.0 Å². The Morgan fingerprint density at radius 2 is 1.74 bits per heavy atom. The number of carbonyl (C=O) groups excluding carboxylic acids is 2. The second-order valence-electron chi connectivity index (χ2n) is 7.44. The Morgan fingerprint density at radius 3 is 2.50 bits per heavy atom. The molecular weight excluding hydrogens is 437 g/mol. The highest BCUT2D eigenvalue weighted by Gasteiger charge is 2.14. The zero-order chi connectivity index (χ0) is 23.9. The molecule has 0 spiro atoms. The van der Waals surface area contributed by atoms with E-state index in [1.165, 1.54) is 54.6 Å². The van der Waals surface area contributed by atoms with Gasteiger partial charge >= 0.3 is 11.6 Å². The van der Waals surface area contributed by atoms with Gasteiger partial charge < -0.3 is 14.5 Å². The molecule has 1 heterocycles. The minimum atomic E-state index is -0.788. The minimum Gasteiger partial charge on any atom is -0.423 e. The Bertz CT molecular complexity index is 1410. The van der Waals surface area contributed by atoms with Gasteiger partial charge in [0.05, 0.1) is 0 Å². The number of fused-ring (bicyclic) bond motifs is 1. The summed E-state index contributed by atoms with van der Waals surface area (Å²) < 4.78 is 23.5. The number of nitrogens with one attached hydrogen (secondary N) is 1. The SMILES string of the molecule is O=C(/C=C/c1ccc(F)cc1)Oc1ccc2cc(C(=O)NCCc3ccccc3)c(=O)oc2c1. The van der Waals surface area contributed by atoms with Crippen molar-refractivity contribution in [2.75, 3.05) is 6.54 Å². The highest BCUT2D eigenvalue weighted by Crippen LogP contribution is 2.21. The molecule has 1 amide bonds. The highest BCUT2D eigenvalue weighted by molar-refractivity contribution is 5.97. The van der Waals surface area contributed by atoms with Crippen LogP contribution in [0.4, 0.5) is 4.39 Å². The molecule has 3 aromatic carbocycles. The molecule has 1 N–H and O–H groups in total. The normalized spacial score (nSPS) is 11.0. The van der Waals surface area contributed by atoms with E-state index in [-0.39, 0.29) is 22.7 Å². The molecule has 6 nitrogen and oxygen atoms in total. The van der Waals surface area contributed by atoms with E-state index in [1.54, 1.807) is 6.07 Å². The van der Waals surface area contributed by atoms with E-state index in [0.29, 0.717) is 23.9 Å². The lowest BCUT2D eigenvalue weighted by molar-refractivity contribution is -0.128. The third-order valence-corrected chi connectivity index (χ3v) is 4.99. The summed E-state index contributed by atoms with van der Waals surface area (Å²) in [4.78, 5) is 36.9. The van der Waals surface area contributed by atoms with Crippen LogP contribution in [0, 0.1) is 5.82 Å². The van der Waals surface area contributed by atoms with Crippen LogP contribution in [0.5, 0.6) is 5.75 Å². The molecule has 170 valence electrons. The van der Waals surface area contributed by atoms with Crippen molar-refractivity contribution in [2.24, 2.45) is 0 Å². The molecular formula is C27H20FNO5. The average Bonchev–Trinajstić information content (AvgIpc) is 2.84. The van der Waals surface area contributed by atoms with E-state index in [2.05, 4.69) is 5.32 Å². The van der Waals surface area contributed by atoms with Crippen LogP contribution < -0.4 is 15.7 Å². The van der Waals surface area contributed by atoms with Crippen molar-refractivity contribution in [2.45, 2.75) is 6.42 Å². The number of hydrogen-bond donors (Lipinski definition) is 1. The quantitative estimate of drug-likeness (QED) is 0.191. The fourth-order valence-corrected chi connectivity index (χ4v) is 3.26. The Balaban J connectivity index is 1.41. The first-order chi connectivity index (χ1) is 16.5. The van der Waals surface area contributed by atoms with E-state index in [4.69, 9.17) is 9.15 Å². The van der Waals surface area contributed by atoms with Crippen LogP contribution >= 0.6 is 0 Å². The summed E-state index contributed by atoms with van der Waals surface area (Å²) >= 11 is 0. The van der Waals surface area contributed by atoms with Gasteiger partial charge in [0.2, 0.25) is 0 Å². The van der Waals surface area contributed by atoms with Crippen molar-refractivity contribution >= 4 is 28.9 Å². The Labute approximate surface area is 194 Å². The van der Waals surface area contributed by atoms with Crippen molar-refractivity contribution in [3.63, 3.8) is 0 Å². The zero-order valence-electron chi connectivity index (χ0n) is 18.0. The molecule has 0 aliphatic rings.